The summed E-state index contributed by atoms with van der Waals surface area (Å²) in [5, 5.41) is 0. The van der Waals surface area contributed by atoms with Crippen molar-refractivity contribution in [1.82, 2.24) is 0 Å². The highest BCUT2D eigenvalue weighted by Crippen LogP contribution is 2.67. The lowest BCUT2D eigenvalue weighted by molar-refractivity contribution is -0.159. The monoisotopic (exact) mass is 512 g/mol. The predicted molar refractivity (Wildman–Crippen MR) is 149 cm³/mol. The van der Waals surface area contributed by atoms with E-state index in [1.54, 1.807) is 6.92 Å². The number of esters is 2. The van der Waals surface area contributed by atoms with E-state index >= 15 is 0 Å². The SMILES string of the molecule is CC(=O)O[C@H]1CC[C@@]2(C)C(=C[C@@H](OC(C)=O)[C@H]3[C@@H]4CC[C@H]([C@H](C)/C=C(\C)[C@H](C)C(C)C)[C@@]4(C)CC[C@@H]32)C1. The van der Waals surface area contributed by atoms with E-state index in [2.05, 4.69) is 60.6 Å². The average molecular weight is 513 g/mol. The van der Waals surface area contributed by atoms with Crippen molar-refractivity contribution in [3.63, 3.8) is 0 Å². The minimum atomic E-state index is -0.203. The zero-order chi connectivity index (χ0) is 27.3. The minimum Gasteiger partial charge on any atom is -0.462 e. The van der Waals surface area contributed by atoms with Crippen molar-refractivity contribution in [2.75, 3.05) is 0 Å². The maximum Gasteiger partial charge on any atom is 0.303 e. The fourth-order valence-corrected chi connectivity index (χ4v) is 9.34. The van der Waals surface area contributed by atoms with Gasteiger partial charge in [-0.1, -0.05) is 58.8 Å². The van der Waals surface area contributed by atoms with Crippen molar-refractivity contribution in [3.05, 3.63) is 23.3 Å². The van der Waals surface area contributed by atoms with Crippen molar-refractivity contribution in [2.45, 2.75) is 119 Å². The van der Waals surface area contributed by atoms with E-state index in [0.717, 1.165) is 19.3 Å². The number of carbonyl (C=O) groups is 2. The highest BCUT2D eigenvalue weighted by molar-refractivity contribution is 5.67. The van der Waals surface area contributed by atoms with Crippen LogP contribution in [-0.2, 0) is 19.1 Å². The van der Waals surface area contributed by atoms with Gasteiger partial charge in [0.25, 0.3) is 0 Å². The quantitative estimate of drug-likeness (QED) is 0.268. The molecular formula is C33H52O4. The third kappa shape index (κ3) is 5.20. The molecule has 4 heteroatoms. The molecule has 0 bridgehead atoms. The average Bonchev–Trinajstić information content (AvgIpc) is 3.15. The van der Waals surface area contributed by atoms with Crippen LogP contribution in [0.3, 0.4) is 0 Å². The van der Waals surface area contributed by atoms with E-state index in [0.29, 0.717) is 41.4 Å². The molecule has 37 heavy (non-hydrogen) atoms. The van der Waals surface area contributed by atoms with Crippen LogP contribution in [0.25, 0.3) is 0 Å². The number of allylic oxidation sites excluding steroid dienone is 2. The van der Waals surface area contributed by atoms with Crippen molar-refractivity contribution in [2.24, 2.45) is 52.3 Å². The van der Waals surface area contributed by atoms with Crippen LogP contribution in [0.2, 0.25) is 0 Å². The Hall–Kier alpha value is -1.58. The molecule has 3 saturated carbocycles. The third-order valence-electron chi connectivity index (χ3n) is 11.6. The number of rotatable bonds is 6. The van der Waals surface area contributed by atoms with Crippen LogP contribution in [0.4, 0.5) is 0 Å². The standard InChI is InChI=1S/C33H52O4/c1-19(2)22(5)20(3)16-21(4)27-10-11-28-31-29(13-15-33(27,28)9)32(8)14-12-26(36-23(6)34)17-25(32)18-30(31)37-24(7)35/h16,18-19,21-22,26-31H,10-15,17H2,1-9H3/b20-16+/t21-,22-,26+,27-,28+,29+,30-,31+,32+,33-/m1/s1. The highest BCUT2D eigenvalue weighted by atomic mass is 16.5. The zero-order valence-electron chi connectivity index (χ0n) is 24.9. The summed E-state index contributed by atoms with van der Waals surface area (Å²) in [7, 11) is 0. The first kappa shape index (κ1) is 28.4. The summed E-state index contributed by atoms with van der Waals surface area (Å²) in [6.45, 7) is 19.8. The fraction of sp³-hybridized carbons (Fsp3) is 0.818. The highest BCUT2D eigenvalue weighted by Gasteiger charge is 2.62. The molecule has 4 aliphatic rings. The second-order valence-corrected chi connectivity index (χ2v) is 14.0. The summed E-state index contributed by atoms with van der Waals surface area (Å²) >= 11 is 0. The van der Waals surface area contributed by atoms with Gasteiger partial charge in [0, 0.05) is 26.2 Å². The summed E-state index contributed by atoms with van der Waals surface area (Å²) in [4.78, 5) is 23.9. The first-order chi connectivity index (χ1) is 17.3. The van der Waals surface area contributed by atoms with E-state index in [4.69, 9.17) is 9.47 Å². The molecule has 0 spiro atoms. The Balaban J connectivity index is 1.64. The van der Waals surface area contributed by atoms with Gasteiger partial charge in [-0.15, -0.1) is 0 Å². The Bertz CT molecular complexity index is 946. The molecule has 0 amide bonds. The Morgan fingerprint density at radius 3 is 2.22 bits per heavy atom. The van der Waals surface area contributed by atoms with Crippen LogP contribution in [0.1, 0.15) is 107 Å². The lowest BCUT2D eigenvalue weighted by Gasteiger charge is -2.59. The molecule has 4 nitrogen and oxygen atoms in total. The van der Waals surface area contributed by atoms with Crippen LogP contribution in [-0.4, -0.2) is 24.1 Å². The summed E-state index contributed by atoms with van der Waals surface area (Å²) in [6.07, 6.45) is 12.3. The van der Waals surface area contributed by atoms with Crippen molar-refractivity contribution in [1.29, 1.82) is 0 Å². The number of fused-ring (bicyclic) bond motifs is 5. The van der Waals surface area contributed by atoms with E-state index in [1.165, 1.54) is 43.8 Å². The zero-order valence-corrected chi connectivity index (χ0v) is 24.9. The molecule has 0 saturated heterocycles. The minimum absolute atomic E-state index is 0.0554. The largest absolute Gasteiger partial charge is 0.462 e. The van der Waals surface area contributed by atoms with Gasteiger partial charge in [-0.3, -0.25) is 9.59 Å². The molecule has 0 aromatic heterocycles. The third-order valence-corrected chi connectivity index (χ3v) is 11.6. The second-order valence-electron chi connectivity index (χ2n) is 14.0. The van der Waals surface area contributed by atoms with Gasteiger partial charge in [0.15, 0.2) is 0 Å². The summed E-state index contributed by atoms with van der Waals surface area (Å²) in [5.41, 5.74) is 3.26. The van der Waals surface area contributed by atoms with Gasteiger partial charge in [-0.2, -0.15) is 0 Å². The topological polar surface area (TPSA) is 52.6 Å². The Kier molecular flexibility index (Phi) is 8.09. The van der Waals surface area contributed by atoms with Gasteiger partial charge in [0.05, 0.1) is 0 Å². The first-order valence-electron chi connectivity index (χ1n) is 15.0. The van der Waals surface area contributed by atoms with Gasteiger partial charge < -0.3 is 9.47 Å². The van der Waals surface area contributed by atoms with Crippen LogP contribution >= 0.6 is 0 Å². The molecule has 10 atom stereocenters. The van der Waals surface area contributed by atoms with E-state index < -0.39 is 0 Å². The molecule has 0 heterocycles. The lowest BCUT2D eigenvalue weighted by atomic mass is 9.46. The van der Waals surface area contributed by atoms with Crippen molar-refractivity contribution in [3.8, 4) is 0 Å². The lowest BCUT2D eigenvalue weighted by Crippen LogP contribution is -2.55. The van der Waals surface area contributed by atoms with Gasteiger partial charge in [-0.25, -0.2) is 0 Å². The van der Waals surface area contributed by atoms with Crippen LogP contribution in [0.15, 0.2) is 23.3 Å². The predicted octanol–water partition coefficient (Wildman–Crippen LogP) is 7.91. The number of carbonyl (C=O) groups excluding carboxylic acids is 2. The molecule has 4 rings (SSSR count). The van der Waals surface area contributed by atoms with Crippen LogP contribution in [0, 0.1) is 52.3 Å². The second kappa shape index (κ2) is 10.5. The summed E-state index contributed by atoms with van der Waals surface area (Å²) in [5.74, 6) is 3.57. The molecule has 3 fully saturated rings. The number of hydrogen-bond acceptors (Lipinski definition) is 4. The van der Waals surface area contributed by atoms with Crippen molar-refractivity contribution >= 4 is 11.9 Å². The molecule has 4 aliphatic carbocycles. The molecule has 208 valence electrons. The normalized spacial score (nSPS) is 41.1. The maximum atomic E-state index is 12.3. The maximum absolute atomic E-state index is 12.3. The Morgan fingerprint density at radius 1 is 0.919 bits per heavy atom. The van der Waals surface area contributed by atoms with E-state index in [1.807, 2.05) is 0 Å². The number of ether oxygens (including phenoxy) is 2. The van der Waals surface area contributed by atoms with Gasteiger partial charge in [0.2, 0.25) is 0 Å². The summed E-state index contributed by atoms with van der Waals surface area (Å²) < 4.78 is 11.7. The fourth-order valence-electron chi connectivity index (χ4n) is 9.34. The molecule has 0 aromatic carbocycles. The molecule has 0 N–H and O–H groups in total. The van der Waals surface area contributed by atoms with E-state index in [9.17, 15) is 9.59 Å². The molecular weight excluding hydrogens is 460 g/mol. The van der Waals surface area contributed by atoms with E-state index in [-0.39, 0.29) is 35.0 Å². The summed E-state index contributed by atoms with van der Waals surface area (Å²) in [6, 6.07) is 0. The Labute approximate surface area is 226 Å². The smallest absolute Gasteiger partial charge is 0.303 e. The Morgan fingerprint density at radius 2 is 1.59 bits per heavy atom. The molecule has 0 radical (unpaired) electrons. The molecule has 0 unspecified atom stereocenters. The number of hydrogen-bond donors (Lipinski definition) is 0. The van der Waals surface area contributed by atoms with Crippen molar-refractivity contribution < 1.29 is 19.1 Å². The van der Waals surface area contributed by atoms with Crippen LogP contribution < -0.4 is 0 Å². The van der Waals surface area contributed by atoms with Gasteiger partial charge in [0.1, 0.15) is 12.2 Å². The first-order valence-corrected chi connectivity index (χ1v) is 15.0. The molecule has 0 aromatic rings. The van der Waals surface area contributed by atoms with Crippen LogP contribution in [0.5, 0.6) is 0 Å². The van der Waals surface area contributed by atoms with Gasteiger partial charge >= 0.3 is 11.9 Å². The van der Waals surface area contributed by atoms with Gasteiger partial charge in [-0.05, 0) is 97.9 Å². The molecule has 0 aliphatic heterocycles.